The number of hydrogen-bond acceptors (Lipinski definition) is 2. The van der Waals surface area contributed by atoms with E-state index in [-0.39, 0.29) is 18.5 Å². The van der Waals surface area contributed by atoms with Crippen LogP contribution in [0.4, 0.5) is 4.39 Å². The average Bonchev–Trinajstić information content (AvgIpc) is 2.35. The topological polar surface area (TPSA) is 21.3 Å². The van der Waals surface area contributed by atoms with Crippen LogP contribution in [0.2, 0.25) is 0 Å². The highest BCUT2D eigenvalue weighted by atomic mass is 35.5. The van der Waals surface area contributed by atoms with Crippen LogP contribution in [0.1, 0.15) is 18.5 Å². The summed E-state index contributed by atoms with van der Waals surface area (Å²) in [6.45, 7) is 2.01. The van der Waals surface area contributed by atoms with Gasteiger partial charge < -0.3 is 10.1 Å². The van der Waals surface area contributed by atoms with Gasteiger partial charge in [0.2, 0.25) is 0 Å². The first kappa shape index (κ1) is 14.3. The van der Waals surface area contributed by atoms with Crippen molar-refractivity contribution in [1.82, 2.24) is 5.32 Å². The highest BCUT2D eigenvalue weighted by Gasteiger charge is 2.10. The Kier molecular flexibility index (Phi) is 5.75. The molecule has 2 nitrogen and oxygen atoms in total. The number of hydrogen-bond donors (Lipinski definition) is 1. The SMILES string of the molecule is CNC(C)c1ccc(OC/C(Cl)=C/Cl)cc1F. The van der Waals surface area contributed by atoms with E-state index < -0.39 is 0 Å². The van der Waals surface area contributed by atoms with Crippen molar-refractivity contribution in [2.45, 2.75) is 13.0 Å². The maximum Gasteiger partial charge on any atom is 0.131 e. The van der Waals surface area contributed by atoms with E-state index in [9.17, 15) is 4.39 Å². The van der Waals surface area contributed by atoms with Gasteiger partial charge in [-0.2, -0.15) is 0 Å². The quantitative estimate of drug-likeness (QED) is 0.884. The van der Waals surface area contributed by atoms with Crippen molar-refractivity contribution < 1.29 is 9.13 Å². The van der Waals surface area contributed by atoms with E-state index >= 15 is 0 Å². The van der Waals surface area contributed by atoms with Crippen molar-refractivity contribution in [1.29, 1.82) is 0 Å². The summed E-state index contributed by atoms with van der Waals surface area (Å²) in [5, 5.41) is 3.33. The lowest BCUT2D eigenvalue weighted by molar-refractivity contribution is 0.356. The molecule has 1 N–H and O–H groups in total. The van der Waals surface area contributed by atoms with Gasteiger partial charge in [0.25, 0.3) is 0 Å². The molecule has 0 bridgehead atoms. The normalized spacial score (nSPS) is 13.6. The monoisotopic (exact) mass is 277 g/mol. The molecule has 1 aromatic carbocycles. The van der Waals surface area contributed by atoms with E-state index in [4.69, 9.17) is 27.9 Å². The fourth-order valence-electron chi connectivity index (χ4n) is 1.29. The Bertz CT molecular complexity index is 409. The molecular formula is C12H14Cl2FNO. The van der Waals surface area contributed by atoms with Gasteiger partial charge in [0.05, 0.1) is 5.03 Å². The highest BCUT2D eigenvalue weighted by Crippen LogP contribution is 2.22. The molecule has 1 atom stereocenters. The number of rotatable bonds is 5. The maximum absolute atomic E-state index is 13.7. The molecular weight excluding hydrogens is 264 g/mol. The number of benzene rings is 1. The summed E-state index contributed by atoms with van der Waals surface area (Å²) in [7, 11) is 1.78. The Balaban J connectivity index is 2.75. The summed E-state index contributed by atoms with van der Waals surface area (Å²) >= 11 is 11.0. The highest BCUT2D eigenvalue weighted by molar-refractivity contribution is 6.36. The first-order valence-corrected chi connectivity index (χ1v) is 5.94. The second kappa shape index (κ2) is 6.84. The molecule has 0 saturated heterocycles. The molecule has 1 rings (SSSR count). The molecule has 17 heavy (non-hydrogen) atoms. The van der Waals surface area contributed by atoms with Crippen molar-refractivity contribution in [3.05, 3.63) is 40.1 Å². The molecule has 0 aliphatic rings. The van der Waals surface area contributed by atoms with Crippen molar-refractivity contribution in [2.24, 2.45) is 0 Å². The van der Waals surface area contributed by atoms with E-state index in [1.165, 1.54) is 11.6 Å². The van der Waals surface area contributed by atoms with Gasteiger partial charge in [0, 0.05) is 23.2 Å². The average molecular weight is 278 g/mol. The zero-order chi connectivity index (χ0) is 12.8. The molecule has 0 heterocycles. The van der Waals surface area contributed by atoms with Crippen LogP contribution in [0.25, 0.3) is 0 Å². The zero-order valence-corrected chi connectivity index (χ0v) is 11.1. The second-order valence-corrected chi connectivity index (χ2v) is 4.24. The summed E-state index contributed by atoms with van der Waals surface area (Å²) in [6, 6.07) is 4.67. The lowest BCUT2D eigenvalue weighted by Crippen LogP contribution is -2.13. The summed E-state index contributed by atoms with van der Waals surface area (Å²) in [4.78, 5) is 0. The fourth-order valence-corrected chi connectivity index (χ4v) is 1.41. The van der Waals surface area contributed by atoms with Crippen LogP contribution in [0.3, 0.4) is 0 Å². The van der Waals surface area contributed by atoms with Crippen LogP contribution < -0.4 is 10.1 Å². The molecule has 0 aromatic heterocycles. The van der Waals surface area contributed by atoms with Crippen molar-refractivity contribution in [2.75, 3.05) is 13.7 Å². The molecule has 1 aromatic rings. The minimum Gasteiger partial charge on any atom is -0.488 e. The largest absolute Gasteiger partial charge is 0.488 e. The predicted octanol–water partition coefficient (Wildman–Crippen LogP) is 3.80. The summed E-state index contributed by atoms with van der Waals surface area (Å²) in [5.74, 6) is 0.113. The van der Waals surface area contributed by atoms with Gasteiger partial charge in [-0.05, 0) is 20.0 Å². The van der Waals surface area contributed by atoms with Crippen molar-refractivity contribution >= 4 is 23.2 Å². The Hall–Kier alpha value is -0.770. The molecule has 0 radical (unpaired) electrons. The van der Waals surface area contributed by atoms with E-state index in [2.05, 4.69) is 5.32 Å². The smallest absolute Gasteiger partial charge is 0.131 e. The zero-order valence-electron chi connectivity index (χ0n) is 9.64. The van der Waals surface area contributed by atoms with Crippen LogP contribution in [0.5, 0.6) is 5.75 Å². The molecule has 0 saturated carbocycles. The molecule has 0 fully saturated rings. The third-order valence-corrected chi connectivity index (χ3v) is 2.96. The van der Waals surface area contributed by atoms with Gasteiger partial charge in [-0.3, -0.25) is 0 Å². The van der Waals surface area contributed by atoms with E-state index in [0.717, 1.165) is 0 Å². The molecule has 0 spiro atoms. The number of halogens is 3. The fraction of sp³-hybridized carbons (Fsp3) is 0.333. The molecule has 0 aliphatic carbocycles. The summed E-state index contributed by atoms with van der Waals surface area (Å²) in [5.41, 5.74) is 1.81. The predicted molar refractivity (Wildman–Crippen MR) is 69.2 cm³/mol. The van der Waals surface area contributed by atoms with Crippen LogP contribution in [0.15, 0.2) is 28.8 Å². The van der Waals surface area contributed by atoms with Crippen molar-refractivity contribution in [3.63, 3.8) is 0 Å². The molecule has 94 valence electrons. The summed E-state index contributed by atoms with van der Waals surface area (Å²) in [6.07, 6.45) is 0. The minimum absolute atomic E-state index is 0.0459. The molecule has 1 unspecified atom stereocenters. The Morgan fingerprint density at radius 2 is 2.29 bits per heavy atom. The maximum atomic E-state index is 13.7. The van der Waals surface area contributed by atoms with Gasteiger partial charge >= 0.3 is 0 Å². The Labute approximate surface area is 110 Å². The van der Waals surface area contributed by atoms with Crippen LogP contribution in [-0.4, -0.2) is 13.7 Å². The molecule has 0 amide bonds. The van der Waals surface area contributed by atoms with Gasteiger partial charge in [0.15, 0.2) is 0 Å². The van der Waals surface area contributed by atoms with Crippen LogP contribution in [0, 0.1) is 5.82 Å². The number of nitrogens with one attached hydrogen (secondary N) is 1. The third kappa shape index (κ3) is 4.19. The molecule has 5 heteroatoms. The first-order chi connectivity index (χ1) is 8.08. The first-order valence-electron chi connectivity index (χ1n) is 5.12. The Morgan fingerprint density at radius 3 is 2.82 bits per heavy atom. The van der Waals surface area contributed by atoms with Gasteiger partial charge in [-0.15, -0.1) is 0 Å². The Morgan fingerprint density at radius 1 is 1.59 bits per heavy atom. The lowest BCUT2D eigenvalue weighted by atomic mass is 10.1. The summed E-state index contributed by atoms with van der Waals surface area (Å²) < 4.78 is 19.0. The van der Waals surface area contributed by atoms with Crippen LogP contribution in [-0.2, 0) is 0 Å². The number of ether oxygens (including phenoxy) is 1. The van der Waals surface area contributed by atoms with E-state index in [1.807, 2.05) is 6.92 Å². The van der Waals surface area contributed by atoms with Gasteiger partial charge in [-0.25, -0.2) is 4.39 Å². The standard InChI is InChI=1S/C12H14Cl2FNO/c1-8(16-2)11-4-3-10(5-12(11)15)17-7-9(14)6-13/h3-6,8,16H,7H2,1-2H3/b9-6-. The van der Waals surface area contributed by atoms with Crippen molar-refractivity contribution in [3.8, 4) is 5.75 Å². The van der Waals surface area contributed by atoms with Crippen LogP contribution >= 0.6 is 23.2 Å². The van der Waals surface area contributed by atoms with Gasteiger partial charge in [0.1, 0.15) is 18.2 Å². The molecule has 0 aliphatic heterocycles. The lowest BCUT2D eigenvalue weighted by Gasteiger charge is -2.13. The minimum atomic E-state index is -0.310. The van der Waals surface area contributed by atoms with Gasteiger partial charge in [-0.1, -0.05) is 29.3 Å². The van der Waals surface area contributed by atoms with E-state index in [1.54, 1.807) is 19.2 Å². The second-order valence-electron chi connectivity index (χ2n) is 3.54. The van der Waals surface area contributed by atoms with E-state index in [0.29, 0.717) is 16.3 Å². The third-order valence-electron chi connectivity index (χ3n) is 2.37.